The third-order valence-electron chi connectivity index (χ3n) is 2.03. The first-order valence-electron chi connectivity index (χ1n) is 4.81. The van der Waals surface area contributed by atoms with Gasteiger partial charge in [0.05, 0.1) is 6.61 Å². The van der Waals surface area contributed by atoms with E-state index in [4.69, 9.17) is 4.74 Å². The van der Waals surface area contributed by atoms with Crippen molar-refractivity contribution in [2.24, 2.45) is 0 Å². The molecule has 4 nitrogen and oxygen atoms in total. The van der Waals surface area contributed by atoms with Crippen LogP contribution in [-0.4, -0.2) is 30.7 Å². The number of hydrogen-bond acceptors (Lipinski definition) is 2. The van der Waals surface area contributed by atoms with Gasteiger partial charge in [0.15, 0.2) is 0 Å². The molecule has 0 saturated carbocycles. The zero-order valence-electron chi connectivity index (χ0n) is 8.92. The summed E-state index contributed by atoms with van der Waals surface area (Å²) in [4.78, 5) is 11.7. The molecule has 1 N–H and O–H groups in total. The summed E-state index contributed by atoms with van der Waals surface area (Å²) >= 11 is 3.35. The van der Waals surface area contributed by atoms with Gasteiger partial charge in [0.25, 0.3) is 5.91 Å². The second kappa shape index (κ2) is 5.92. The van der Waals surface area contributed by atoms with Crippen molar-refractivity contribution in [1.82, 2.24) is 9.88 Å². The molecule has 0 saturated heterocycles. The molecule has 0 spiro atoms. The summed E-state index contributed by atoms with van der Waals surface area (Å²) in [5.41, 5.74) is 0.667. The van der Waals surface area contributed by atoms with Gasteiger partial charge in [-0.2, -0.15) is 0 Å². The van der Waals surface area contributed by atoms with Crippen LogP contribution in [0, 0.1) is 0 Å². The van der Waals surface area contributed by atoms with Crippen LogP contribution in [0.2, 0.25) is 0 Å². The first-order chi connectivity index (χ1) is 7.19. The molecule has 1 aromatic rings. The van der Waals surface area contributed by atoms with Gasteiger partial charge in [-0.15, -0.1) is 0 Å². The normalized spacial score (nSPS) is 10.3. The number of rotatable bonds is 5. The highest BCUT2D eigenvalue weighted by molar-refractivity contribution is 9.10. The quantitative estimate of drug-likeness (QED) is 0.830. The highest BCUT2D eigenvalue weighted by Crippen LogP contribution is 2.14. The molecule has 1 heterocycles. The zero-order chi connectivity index (χ0) is 11.3. The van der Waals surface area contributed by atoms with E-state index >= 15 is 0 Å². The number of carbonyl (C=O) groups is 1. The fraction of sp³-hybridized carbons (Fsp3) is 0.500. The molecule has 0 atom stereocenters. The molecule has 0 aliphatic carbocycles. The Morgan fingerprint density at radius 1 is 1.67 bits per heavy atom. The van der Waals surface area contributed by atoms with Crippen LogP contribution in [0.3, 0.4) is 0 Å². The lowest BCUT2D eigenvalue weighted by molar-refractivity contribution is 0.0928. The number of nitrogens with one attached hydrogen (secondary N) is 1. The Hall–Kier alpha value is -0.810. The van der Waals surface area contributed by atoms with E-state index in [0.29, 0.717) is 18.8 Å². The van der Waals surface area contributed by atoms with Crippen molar-refractivity contribution < 1.29 is 9.53 Å². The van der Waals surface area contributed by atoms with Crippen molar-refractivity contribution in [3.63, 3.8) is 0 Å². The van der Waals surface area contributed by atoms with E-state index in [1.165, 1.54) is 0 Å². The van der Waals surface area contributed by atoms with Crippen LogP contribution in [-0.2, 0) is 11.3 Å². The third-order valence-corrected chi connectivity index (χ3v) is 2.46. The minimum absolute atomic E-state index is 0.0698. The molecule has 1 amide bonds. The number of halogens is 1. The Morgan fingerprint density at radius 3 is 3.00 bits per heavy atom. The molecule has 84 valence electrons. The minimum atomic E-state index is -0.0698. The second-order valence-electron chi connectivity index (χ2n) is 3.08. The number of aryl methyl sites for hydroxylation is 1. The Kier molecular flexibility index (Phi) is 4.84. The molecule has 0 bridgehead atoms. The van der Waals surface area contributed by atoms with E-state index in [0.717, 1.165) is 11.0 Å². The molecular weight excluding hydrogens is 260 g/mol. The van der Waals surface area contributed by atoms with E-state index in [-0.39, 0.29) is 5.91 Å². The highest BCUT2D eigenvalue weighted by atomic mass is 79.9. The number of hydrogen-bond donors (Lipinski definition) is 1. The average molecular weight is 275 g/mol. The molecule has 15 heavy (non-hydrogen) atoms. The van der Waals surface area contributed by atoms with Gasteiger partial charge in [0.1, 0.15) is 5.69 Å². The maximum absolute atomic E-state index is 11.7. The molecular formula is C10H15BrN2O2. The molecule has 0 aliphatic rings. The zero-order valence-corrected chi connectivity index (χ0v) is 10.5. The van der Waals surface area contributed by atoms with Gasteiger partial charge in [-0.05, 0) is 28.9 Å². The summed E-state index contributed by atoms with van der Waals surface area (Å²) in [6.45, 7) is 3.83. The summed E-state index contributed by atoms with van der Waals surface area (Å²) in [6, 6.07) is 1.81. The summed E-state index contributed by atoms with van der Waals surface area (Å²) < 4.78 is 7.67. The fourth-order valence-electron chi connectivity index (χ4n) is 1.28. The Morgan fingerprint density at radius 2 is 2.40 bits per heavy atom. The van der Waals surface area contributed by atoms with Gasteiger partial charge < -0.3 is 14.6 Å². The molecule has 0 unspecified atom stereocenters. The minimum Gasteiger partial charge on any atom is -0.383 e. The second-order valence-corrected chi connectivity index (χ2v) is 3.99. The first kappa shape index (κ1) is 12.3. The van der Waals surface area contributed by atoms with E-state index in [1.54, 1.807) is 7.11 Å². The fourth-order valence-corrected chi connectivity index (χ4v) is 1.75. The summed E-state index contributed by atoms with van der Waals surface area (Å²) in [7, 11) is 1.61. The van der Waals surface area contributed by atoms with Crippen molar-refractivity contribution >= 4 is 21.8 Å². The number of aromatic nitrogens is 1. The summed E-state index contributed by atoms with van der Waals surface area (Å²) in [5.74, 6) is -0.0698. The monoisotopic (exact) mass is 274 g/mol. The van der Waals surface area contributed by atoms with E-state index in [2.05, 4.69) is 21.2 Å². The number of ether oxygens (including phenoxy) is 1. The van der Waals surface area contributed by atoms with Crippen LogP contribution >= 0.6 is 15.9 Å². The van der Waals surface area contributed by atoms with Crippen LogP contribution in [0.5, 0.6) is 0 Å². The van der Waals surface area contributed by atoms with Crippen molar-refractivity contribution in [3.8, 4) is 0 Å². The lowest BCUT2D eigenvalue weighted by Gasteiger charge is -2.06. The maximum Gasteiger partial charge on any atom is 0.268 e. The van der Waals surface area contributed by atoms with Gasteiger partial charge in [0.2, 0.25) is 0 Å². The molecule has 0 fully saturated rings. The SMILES string of the molecule is CCn1cc(Br)cc1C(=O)NCCOC. The third kappa shape index (κ3) is 3.35. The van der Waals surface area contributed by atoms with E-state index in [1.807, 2.05) is 23.8 Å². The lowest BCUT2D eigenvalue weighted by atomic mass is 10.4. The van der Waals surface area contributed by atoms with Gasteiger partial charge >= 0.3 is 0 Å². The standard InChI is InChI=1S/C10H15BrN2O2/c1-3-13-7-8(11)6-9(13)10(14)12-4-5-15-2/h6-7H,3-5H2,1-2H3,(H,12,14). The molecule has 1 aromatic heterocycles. The van der Waals surface area contributed by atoms with Gasteiger partial charge in [-0.3, -0.25) is 4.79 Å². The van der Waals surface area contributed by atoms with Crippen molar-refractivity contribution in [2.75, 3.05) is 20.3 Å². The molecule has 0 aliphatic heterocycles. The molecule has 1 rings (SSSR count). The Labute approximate surface area is 97.7 Å². The van der Waals surface area contributed by atoms with Crippen LogP contribution < -0.4 is 5.32 Å². The number of amides is 1. The van der Waals surface area contributed by atoms with E-state index < -0.39 is 0 Å². The maximum atomic E-state index is 11.7. The molecule has 5 heteroatoms. The Balaban J connectivity index is 2.64. The Bertz CT molecular complexity index is 336. The average Bonchev–Trinajstić information content (AvgIpc) is 2.60. The summed E-state index contributed by atoms with van der Waals surface area (Å²) in [5, 5.41) is 2.78. The summed E-state index contributed by atoms with van der Waals surface area (Å²) in [6.07, 6.45) is 1.89. The van der Waals surface area contributed by atoms with Crippen molar-refractivity contribution in [3.05, 3.63) is 22.4 Å². The van der Waals surface area contributed by atoms with Gasteiger partial charge in [0, 0.05) is 30.9 Å². The number of carbonyl (C=O) groups excluding carboxylic acids is 1. The topological polar surface area (TPSA) is 43.3 Å². The smallest absolute Gasteiger partial charge is 0.268 e. The van der Waals surface area contributed by atoms with Crippen LogP contribution in [0.4, 0.5) is 0 Å². The van der Waals surface area contributed by atoms with Crippen LogP contribution in [0.15, 0.2) is 16.7 Å². The lowest BCUT2D eigenvalue weighted by Crippen LogP contribution is -2.28. The van der Waals surface area contributed by atoms with Crippen molar-refractivity contribution in [1.29, 1.82) is 0 Å². The van der Waals surface area contributed by atoms with E-state index in [9.17, 15) is 4.79 Å². The van der Waals surface area contributed by atoms with Crippen LogP contribution in [0.1, 0.15) is 17.4 Å². The molecule has 0 aromatic carbocycles. The van der Waals surface area contributed by atoms with Crippen LogP contribution in [0.25, 0.3) is 0 Å². The predicted molar refractivity (Wildman–Crippen MR) is 62.0 cm³/mol. The van der Waals surface area contributed by atoms with Gasteiger partial charge in [-0.1, -0.05) is 0 Å². The van der Waals surface area contributed by atoms with Gasteiger partial charge in [-0.25, -0.2) is 0 Å². The number of methoxy groups -OCH3 is 1. The van der Waals surface area contributed by atoms with Crippen molar-refractivity contribution in [2.45, 2.75) is 13.5 Å². The first-order valence-corrected chi connectivity index (χ1v) is 5.61. The number of nitrogens with zero attached hydrogens (tertiary/aromatic N) is 1. The molecule has 0 radical (unpaired) electrons. The highest BCUT2D eigenvalue weighted by Gasteiger charge is 2.11. The largest absolute Gasteiger partial charge is 0.383 e. The predicted octanol–water partition coefficient (Wildman–Crippen LogP) is 1.65.